The standard InChI is InChI=1S/C12H12O6/c1-2-8(13)17-12-5-6-3-7(12)11(4-6,9(14)15)10(16)18-12/h2,6-7H,1,3-5H2,(H,14,15). The van der Waals surface area contributed by atoms with Crippen molar-refractivity contribution in [3.63, 3.8) is 0 Å². The summed E-state index contributed by atoms with van der Waals surface area (Å²) in [5.41, 5.74) is -1.52. The van der Waals surface area contributed by atoms with E-state index in [9.17, 15) is 19.5 Å². The maximum Gasteiger partial charge on any atom is 0.333 e. The van der Waals surface area contributed by atoms with Gasteiger partial charge in [0.1, 0.15) is 0 Å². The number of carbonyl (C=O) groups excluding carboxylic acids is 2. The molecule has 1 heterocycles. The van der Waals surface area contributed by atoms with Crippen LogP contribution in [0.1, 0.15) is 19.3 Å². The summed E-state index contributed by atoms with van der Waals surface area (Å²) < 4.78 is 10.3. The molecule has 0 aromatic rings. The van der Waals surface area contributed by atoms with Gasteiger partial charge in [0.05, 0.1) is 5.92 Å². The van der Waals surface area contributed by atoms with E-state index in [1.54, 1.807) is 0 Å². The molecule has 6 heteroatoms. The molecular weight excluding hydrogens is 240 g/mol. The van der Waals surface area contributed by atoms with E-state index in [-0.39, 0.29) is 12.3 Å². The van der Waals surface area contributed by atoms with Crippen molar-refractivity contribution >= 4 is 17.9 Å². The molecular formula is C12H12O6. The third-order valence-electron chi connectivity index (χ3n) is 4.33. The van der Waals surface area contributed by atoms with Gasteiger partial charge in [-0.05, 0) is 18.8 Å². The fourth-order valence-electron chi connectivity index (χ4n) is 3.73. The second-order valence-corrected chi connectivity index (χ2v) is 5.17. The molecule has 18 heavy (non-hydrogen) atoms. The van der Waals surface area contributed by atoms with E-state index < -0.39 is 35.0 Å². The first-order chi connectivity index (χ1) is 8.44. The Balaban J connectivity index is 2.02. The molecule has 3 aliphatic rings. The Morgan fingerprint density at radius 2 is 2.22 bits per heavy atom. The second-order valence-electron chi connectivity index (χ2n) is 5.17. The number of fused-ring (bicyclic) bond motifs is 1. The van der Waals surface area contributed by atoms with Crippen LogP contribution in [0.4, 0.5) is 0 Å². The van der Waals surface area contributed by atoms with Crippen LogP contribution < -0.4 is 0 Å². The van der Waals surface area contributed by atoms with Crippen molar-refractivity contribution in [1.29, 1.82) is 0 Å². The highest BCUT2D eigenvalue weighted by Crippen LogP contribution is 2.67. The molecule has 4 unspecified atom stereocenters. The van der Waals surface area contributed by atoms with Crippen molar-refractivity contribution in [2.24, 2.45) is 17.3 Å². The highest BCUT2D eigenvalue weighted by atomic mass is 16.7. The summed E-state index contributed by atoms with van der Waals surface area (Å²) in [5.74, 6) is -4.58. The number of carboxylic acid groups (broad SMARTS) is 1. The fourth-order valence-corrected chi connectivity index (χ4v) is 3.73. The van der Waals surface area contributed by atoms with E-state index in [0.717, 1.165) is 6.08 Å². The van der Waals surface area contributed by atoms with Gasteiger partial charge in [-0.25, -0.2) is 4.79 Å². The Hall–Kier alpha value is -1.85. The predicted octanol–water partition coefficient (Wildman–Crippen LogP) is 0.470. The maximum atomic E-state index is 11.9. The molecule has 3 rings (SSSR count). The van der Waals surface area contributed by atoms with Crippen LogP contribution in [-0.4, -0.2) is 28.8 Å². The zero-order chi connectivity index (χ0) is 13.1. The van der Waals surface area contributed by atoms with Crippen molar-refractivity contribution < 1.29 is 29.0 Å². The van der Waals surface area contributed by atoms with Crippen LogP contribution in [0.2, 0.25) is 0 Å². The minimum absolute atomic E-state index is 0.0511. The van der Waals surface area contributed by atoms with Crippen LogP contribution in [0.3, 0.4) is 0 Å². The van der Waals surface area contributed by atoms with Crippen LogP contribution in [-0.2, 0) is 23.9 Å². The first-order valence-electron chi connectivity index (χ1n) is 5.77. The molecule has 0 aromatic heterocycles. The van der Waals surface area contributed by atoms with E-state index in [4.69, 9.17) is 9.47 Å². The Morgan fingerprint density at radius 3 is 2.78 bits per heavy atom. The zero-order valence-electron chi connectivity index (χ0n) is 9.55. The molecule has 1 saturated heterocycles. The van der Waals surface area contributed by atoms with Crippen molar-refractivity contribution in [2.45, 2.75) is 25.0 Å². The monoisotopic (exact) mass is 252 g/mol. The lowest BCUT2D eigenvalue weighted by Gasteiger charge is -2.31. The summed E-state index contributed by atoms with van der Waals surface area (Å²) in [6.45, 7) is 3.28. The normalized spacial score (nSPS) is 43.7. The van der Waals surface area contributed by atoms with Crippen molar-refractivity contribution in [3.8, 4) is 0 Å². The second kappa shape index (κ2) is 3.13. The van der Waals surface area contributed by atoms with Crippen LogP contribution in [0.15, 0.2) is 12.7 Å². The quantitative estimate of drug-likeness (QED) is 0.446. The Kier molecular flexibility index (Phi) is 1.95. The largest absolute Gasteiger partial charge is 0.480 e. The van der Waals surface area contributed by atoms with Crippen LogP contribution in [0.25, 0.3) is 0 Å². The molecule has 2 saturated carbocycles. The van der Waals surface area contributed by atoms with Gasteiger partial charge >= 0.3 is 17.9 Å². The third-order valence-corrected chi connectivity index (χ3v) is 4.33. The molecule has 6 nitrogen and oxygen atoms in total. The van der Waals surface area contributed by atoms with Gasteiger partial charge in [-0.1, -0.05) is 6.58 Å². The smallest absolute Gasteiger partial charge is 0.333 e. The number of rotatable bonds is 3. The van der Waals surface area contributed by atoms with Crippen molar-refractivity contribution in [1.82, 2.24) is 0 Å². The zero-order valence-corrected chi connectivity index (χ0v) is 9.55. The Morgan fingerprint density at radius 1 is 1.50 bits per heavy atom. The number of carboxylic acids is 1. The Bertz CT molecular complexity index is 483. The number of esters is 2. The van der Waals surface area contributed by atoms with Gasteiger partial charge in [0.25, 0.3) is 5.79 Å². The van der Waals surface area contributed by atoms with E-state index in [1.807, 2.05) is 0 Å². The minimum Gasteiger partial charge on any atom is -0.480 e. The first-order valence-corrected chi connectivity index (χ1v) is 5.77. The van der Waals surface area contributed by atoms with Gasteiger partial charge in [-0.2, -0.15) is 0 Å². The molecule has 2 bridgehead atoms. The summed E-state index contributed by atoms with van der Waals surface area (Å²) in [4.78, 5) is 34.7. The molecule has 0 amide bonds. The predicted molar refractivity (Wildman–Crippen MR) is 56.0 cm³/mol. The summed E-state index contributed by atoms with van der Waals surface area (Å²) >= 11 is 0. The summed E-state index contributed by atoms with van der Waals surface area (Å²) in [6, 6.07) is 0. The highest BCUT2D eigenvalue weighted by molar-refractivity contribution is 6.02. The number of aliphatic carboxylic acids is 1. The minimum atomic E-state index is -1.52. The lowest BCUT2D eigenvalue weighted by atomic mass is 9.73. The average molecular weight is 252 g/mol. The number of ether oxygens (including phenoxy) is 2. The number of hydrogen-bond donors (Lipinski definition) is 1. The first kappa shape index (κ1) is 11.3. The molecule has 1 N–H and O–H groups in total. The molecule has 0 aromatic carbocycles. The van der Waals surface area contributed by atoms with Gasteiger partial charge in [0.2, 0.25) is 0 Å². The summed E-state index contributed by atoms with van der Waals surface area (Å²) in [7, 11) is 0. The average Bonchev–Trinajstić information content (AvgIpc) is 2.86. The van der Waals surface area contributed by atoms with E-state index in [0.29, 0.717) is 12.8 Å². The van der Waals surface area contributed by atoms with E-state index in [1.165, 1.54) is 0 Å². The van der Waals surface area contributed by atoms with Gasteiger partial charge in [-0.3, -0.25) is 9.59 Å². The fraction of sp³-hybridized carbons (Fsp3) is 0.583. The molecule has 1 aliphatic heterocycles. The Labute approximate surface area is 103 Å². The van der Waals surface area contributed by atoms with Crippen molar-refractivity contribution in [2.75, 3.05) is 0 Å². The summed E-state index contributed by atoms with van der Waals surface area (Å²) in [5, 5.41) is 9.33. The van der Waals surface area contributed by atoms with Gasteiger partial charge in [0.15, 0.2) is 5.41 Å². The van der Waals surface area contributed by atoms with Crippen molar-refractivity contribution in [3.05, 3.63) is 12.7 Å². The molecule has 4 atom stereocenters. The molecule has 2 aliphatic carbocycles. The molecule has 3 fully saturated rings. The van der Waals surface area contributed by atoms with Crippen LogP contribution in [0.5, 0.6) is 0 Å². The van der Waals surface area contributed by atoms with Gasteiger partial charge in [-0.15, -0.1) is 0 Å². The lowest BCUT2D eigenvalue weighted by Crippen LogP contribution is -2.45. The van der Waals surface area contributed by atoms with Gasteiger partial charge < -0.3 is 14.6 Å². The maximum absolute atomic E-state index is 11.9. The SMILES string of the molecule is C=CC(=O)OC12CC3CC1C(C(=O)O)(C3)C(=O)O2. The van der Waals surface area contributed by atoms with Crippen LogP contribution >= 0.6 is 0 Å². The highest BCUT2D eigenvalue weighted by Gasteiger charge is 2.79. The molecule has 0 spiro atoms. The van der Waals surface area contributed by atoms with Gasteiger partial charge in [0, 0.05) is 12.5 Å². The topological polar surface area (TPSA) is 89.9 Å². The molecule has 0 radical (unpaired) electrons. The lowest BCUT2D eigenvalue weighted by molar-refractivity contribution is -0.219. The van der Waals surface area contributed by atoms with E-state index >= 15 is 0 Å². The number of hydrogen-bond acceptors (Lipinski definition) is 5. The summed E-state index contributed by atoms with van der Waals surface area (Å²) in [6.07, 6.45) is 2.19. The van der Waals surface area contributed by atoms with Crippen LogP contribution in [0, 0.1) is 17.3 Å². The third kappa shape index (κ3) is 1.06. The van der Waals surface area contributed by atoms with E-state index in [2.05, 4.69) is 6.58 Å². The number of carbonyl (C=O) groups is 3. The molecule has 96 valence electrons.